The lowest BCUT2D eigenvalue weighted by Crippen LogP contribution is -2.41. The Hall–Kier alpha value is -2.56. The number of ether oxygens (including phenoxy) is 1. The van der Waals surface area contributed by atoms with Crippen molar-refractivity contribution in [2.45, 2.75) is 39.3 Å². The van der Waals surface area contributed by atoms with Gasteiger partial charge in [0.15, 0.2) is 0 Å². The molecule has 1 aliphatic carbocycles. The number of nitrogens with one attached hydrogen (secondary N) is 1. The first kappa shape index (κ1) is 18.2. The maximum Gasteiger partial charge on any atom is 0.317 e. The molecule has 3 rings (SSSR count). The molecule has 0 aliphatic heterocycles. The molecule has 138 valence electrons. The maximum absolute atomic E-state index is 12.4. The van der Waals surface area contributed by atoms with Gasteiger partial charge < -0.3 is 15.0 Å². The molecule has 2 aromatic rings. The average Bonchev–Trinajstić information content (AvgIpc) is 3.49. The Morgan fingerprint density at radius 2 is 2.04 bits per heavy atom. The molecular formula is C21H27N3O2. The summed E-state index contributed by atoms with van der Waals surface area (Å²) in [5.74, 6) is 1.27. The summed E-state index contributed by atoms with van der Waals surface area (Å²) < 4.78 is 5.75. The summed E-state index contributed by atoms with van der Waals surface area (Å²) in [5.41, 5.74) is 2.09. The summed E-state index contributed by atoms with van der Waals surface area (Å²) >= 11 is 0. The second-order valence-electron chi connectivity index (χ2n) is 6.82. The van der Waals surface area contributed by atoms with Crippen LogP contribution in [0.15, 0.2) is 48.7 Å². The van der Waals surface area contributed by atoms with Crippen LogP contribution in [0.1, 0.15) is 37.3 Å². The fourth-order valence-corrected chi connectivity index (χ4v) is 2.82. The maximum atomic E-state index is 12.4. The zero-order valence-corrected chi connectivity index (χ0v) is 15.4. The number of carbonyl (C=O) groups excluding carboxylic acids is 1. The van der Waals surface area contributed by atoms with Gasteiger partial charge in [-0.25, -0.2) is 9.78 Å². The van der Waals surface area contributed by atoms with Crippen LogP contribution in [0.25, 0.3) is 0 Å². The van der Waals surface area contributed by atoms with E-state index in [9.17, 15) is 4.79 Å². The summed E-state index contributed by atoms with van der Waals surface area (Å²) in [7, 11) is 0. The van der Waals surface area contributed by atoms with E-state index in [0.29, 0.717) is 24.9 Å². The van der Waals surface area contributed by atoms with Crippen molar-refractivity contribution in [3.8, 4) is 5.88 Å². The average molecular weight is 353 g/mol. The van der Waals surface area contributed by atoms with Crippen LogP contribution in [0, 0.1) is 5.92 Å². The van der Waals surface area contributed by atoms with E-state index in [4.69, 9.17) is 4.74 Å². The number of rotatable bonds is 9. The highest BCUT2D eigenvalue weighted by atomic mass is 16.5. The van der Waals surface area contributed by atoms with Crippen LogP contribution in [-0.4, -0.2) is 29.0 Å². The molecular weight excluding hydrogens is 326 g/mol. The van der Waals surface area contributed by atoms with Gasteiger partial charge in [0.05, 0.1) is 0 Å². The Bertz CT molecular complexity index is 701. The van der Waals surface area contributed by atoms with Gasteiger partial charge in [-0.05, 0) is 42.4 Å². The molecule has 0 unspecified atom stereocenters. The van der Waals surface area contributed by atoms with Crippen LogP contribution in [0.3, 0.4) is 0 Å². The third-order valence-corrected chi connectivity index (χ3v) is 4.43. The summed E-state index contributed by atoms with van der Waals surface area (Å²) in [6, 6.07) is 13.8. The van der Waals surface area contributed by atoms with Gasteiger partial charge in [-0.15, -0.1) is 0 Å². The summed E-state index contributed by atoms with van der Waals surface area (Å²) in [5, 5.41) is 3.02. The molecule has 5 heteroatoms. The number of urea groups is 1. The number of hydrogen-bond acceptors (Lipinski definition) is 3. The Morgan fingerprint density at radius 3 is 2.77 bits per heavy atom. The minimum atomic E-state index is 0.0160. The number of nitrogens with zero attached hydrogens (tertiary/aromatic N) is 2. The van der Waals surface area contributed by atoms with Crippen molar-refractivity contribution in [1.82, 2.24) is 15.2 Å². The Morgan fingerprint density at radius 1 is 1.23 bits per heavy atom. The molecule has 1 saturated carbocycles. The first-order chi connectivity index (χ1) is 12.7. The predicted octanol–water partition coefficient (Wildman–Crippen LogP) is 3.99. The molecule has 1 aromatic heterocycles. The molecule has 0 radical (unpaired) electrons. The number of benzene rings is 1. The zero-order chi connectivity index (χ0) is 18.2. The third-order valence-electron chi connectivity index (χ3n) is 4.43. The SMILES string of the molecule is CCCN(CC1CC1)C(=O)NCc1ccnc(OCc2ccccc2)c1. The molecule has 0 spiro atoms. The van der Waals surface area contributed by atoms with Crippen LogP contribution >= 0.6 is 0 Å². The first-order valence-electron chi connectivity index (χ1n) is 9.39. The van der Waals surface area contributed by atoms with E-state index in [0.717, 1.165) is 30.6 Å². The lowest BCUT2D eigenvalue weighted by molar-refractivity contribution is 0.194. The minimum absolute atomic E-state index is 0.0160. The molecule has 1 aliphatic rings. The summed E-state index contributed by atoms with van der Waals surface area (Å²) in [6.07, 6.45) is 5.20. The van der Waals surface area contributed by atoms with Crippen molar-refractivity contribution in [3.05, 3.63) is 59.8 Å². The third kappa shape index (κ3) is 5.76. The number of carbonyl (C=O) groups is 1. The van der Waals surface area contributed by atoms with E-state index in [2.05, 4.69) is 17.2 Å². The van der Waals surface area contributed by atoms with Crippen molar-refractivity contribution >= 4 is 6.03 Å². The van der Waals surface area contributed by atoms with Gasteiger partial charge in [0, 0.05) is 31.9 Å². The van der Waals surface area contributed by atoms with Gasteiger partial charge in [-0.3, -0.25) is 0 Å². The standard InChI is InChI=1S/C21H27N3O2/c1-2-12-24(15-17-8-9-17)21(25)23-14-19-10-11-22-20(13-19)26-16-18-6-4-3-5-7-18/h3-7,10-11,13,17H,2,8-9,12,14-16H2,1H3,(H,23,25). The molecule has 1 N–H and O–H groups in total. The van der Waals surface area contributed by atoms with Crippen LogP contribution in [0.2, 0.25) is 0 Å². The Balaban J connectivity index is 1.50. The molecule has 1 heterocycles. The lowest BCUT2D eigenvalue weighted by atomic mass is 10.2. The monoisotopic (exact) mass is 353 g/mol. The van der Waals surface area contributed by atoms with Gasteiger partial charge in [-0.1, -0.05) is 37.3 Å². The highest BCUT2D eigenvalue weighted by Crippen LogP contribution is 2.29. The van der Waals surface area contributed by atoms with Crippen LogP contribution in [-0.2, 0) is 13.2 Å². The molecule has 0 atom stereocenters. The highest BCUT2D eigenvalue weighted by Gasteiger charge is 2.26. The van der Waals surface area contributed by atoms with E-state index >= 15 is 0 Å². The fraction of sp³-hybridized carbons (Fsp3) is 0.429. The second kappa shape index (κ2) is 9.22. The first-order valence-corrected chi connectivity index (χ1v) is 9.39. The van der Waals surface area contributed by atoms with Crippen molar-refractivity contribution in [2.75, 3.05) is 13.1 Å². The lowest BCUT2D eigenvalue weighted by Gasteiger charge is -2.22. The molecule has 0 saturated heterocycles. The van der Waals surface area contributed by atoms with E-state index in [1.807, 2.05) is 47.4 Å². The van der Waals surface area contributed by atoms with Crippen LogP contribution < -0.4 is 10.1 Å². The largest absolute Gasteiger partial charge is 0.473 e. The van der Waals surface area contributed by atoms with Gasteiger partial charge in [0.1, 0.15) is 6.61 Å². The van der Waals surface area contributed by atoms with Crippen molar-refractivity contribution in [2.24, 2.45) is 5.92 Å². The number of aromatic nitrogens is 1. The number of hydrogen-bond donors (Lipinski definition) is 1. The quantitative estimate of drug-likeness (QED) is 0.741. The van der Waals surface area contributed by atoms with Gasteiger partial charge in [0.2, 0.25) is 5.88 Å². The number of pyridine rings is 1. The van der Waals surface area contributed by atoms with Gasteiger partial charge >= 0.3 is 6.03 Å². The Kier molecular flexibility index (Phi) is 6.47. The van der Waals surface area contributed by atoms with E-state index in [1.54, 1.807) is 6.20 Å². The predicted molar refractivity (Wildman–Crippen MR) is 102 cm³/mol. The van der Waals surface area contributed by atoms with E-state index in [-0.39, 0.29) is 6.03 Å². The molecule has 1 fully saturated rings. The zero-order valence-electron chi connectivity index (χ0n) is 15.4. The Labute approximate surface area is 155 Å². The normalized spacial score (nSPS) is 13.3. The van der Waals surface area contributed by atoms with Crippen molar-refractivity contribution in [3.63, 3.8) is 0 Å². The molecule has 5 nitrogen and oxygen atoms in total. The molecule has 26 heavy (non-hydrogen) atoms. The van der Waals surface area contributed by atoms with E-state index < -0.39 is 0 Å². The van der Waals surface area contributed by atoms with Crippen LogP contribution in [0.4, 0.5) is 4.79 Å². The highest BCUT2D eigenvalue weighted by molar-refractivity contribution is 5.74. The van der Waals surface area contributed by atoms with Crippen molar-refractivity contribution < 1.29 is 9.53 Å². The molecule has 2 amide bonds. The molecule has 0 bridgehead atoms. The van der Waals surface area contributed by atoms with Gasteiger partial charge in [0.25, 0.3) is 0 Å². The minimum Gasteiger partial charge on any atom is -0.473 e. The molecule has 1 aromatic carbocycles. The number of amides is 2. The van der Waals surface area contributed by atoms with Crippen molar-refractivity contribution in [1.29, 1.82) is 0 Å². The second-order valence-corrected chi connectivity index (χ2v) is 6.82. The topological polar surface area (TPSA) is 54.5 Å². The van der Waals surface area contributed by atoms with E-state index in [1.165, 1.54) is 12.8 Å². The smallest absolute Gasteiger partial charge is 0.317 e. The summed E-state index contributed by atoms with van der Waals surface area (Å²) in [4.78, 5) is 18.6. The summed E-state index contributed by atoms with van der Waals surface area (Å²) in [6.45, 7) is 4.75. The van der Waals surface area contributed by atoms with Crippen LogP contribution in [0.5, 0.6) is 5.88 Å². The van der Waals surface area contributed by atoms with Gasteiger partial charge in [-0.2, -0.15) is 0 Å². The fourth-order valence-electron chi connectivity index (χ4n) is 2.82.